The average Bonchev–Trinajstić information content (AvgIpc) is 3.11. The second kappa shape index (κ2) is 4.80. The lowest BCUT2D eigenvalue weighted by Crippen LogP contribution is -2.35. The Morgan fingerprint density at radius 1 is 1.19 bits per heavy atom. The normalized spacial score (nSPS) is 33.6. The Balaban J connectivity index is 1.52. The van der Waals surface area contributed by atoms with E-state index in [1.807, 2.05) is 0 Å². The van der Waals surface area contributed by atoms with E-state index in [0.29, 0.717) is 0 Å². The van der Waals surface area contributed by atoms with Crippen molar-refractivity contribution >= 4 is 11.8 Å². The molecule has 86 valence electrons. The van der Waals surface area contributed by atoms with Crippen LogP contribution in [0.5, 0.6) is 0 Å². The highest BCUT2D eigenvalue weighted by Gasteiger charge is 2.39. The molecule has 1 nitrogen and oxygen atoms in total. The maximum absolute atomic E-state index is 3.82. The molecule has 1 aliphatic carbocycles. The summed E-state index contributed by atoms with van der Waals surface area (Å²) in [5.74, 6) is 3.47. The smallest absolute Gasteiger partial charge is 0.0161 e. The number of hydrogen-bond acceptors (Lipinski definition) is 2. The lowest BCUT2D eigenvalue weighted by molar-refractivity contribution is 0.500. The number of nitrogens with one attached hydrogen (secondary N) is 1. The molecule has 3 unspecified atom stereocenters. The van der Waals surface area contributed by atoms with Crippen LogP contribution in [0.15, 0.2) is 30.3 Å². The summed E-state index contributed by atoms with van der Waals surface area (Å²) in [5.41, 5.74) is 1.52. The largest absolute Gasteiger partial charge is 0.310 e. The Bertz CT molecular complexity index is 332. The van der Waals surface area contributed by atoms with Crippen LogP contribution in [0.1, 0.15) is 30.7 Å². The second-order valence-corrected chi connectivity index (χ2v) is 6.09. The van der Waals surface area contributed by atoms with Gasteiger partial charge in [0.1, 0.15) is 0 Å². The zero-order valence-corrected chi connectivity index (χ0v) is 10.4. The molecule has 1 saturated carbocycles. The summed E-state index contributed by atoms with van der Waals surface area (Å²) >= 11 is 2.11. The van der Waals surface area contributed by atoms with Crippen LogP contribution < -0.4 is 5.32 Å². The zero-order valence-electron chi connectivity index (χ0n) is 9.56. The first-order valence-electron chi connectivity index (χ1n) is 6.32. The average molecular weight is 233 g/mol. The first kappa shape index (κ1) is 10.7. The number of rotatable bonds is 3. The van der Waals surface area contributed by atoms with E-state index < -0.39 is 0 Å². The minimum absolute atomic E-state index is 0.756. The van der Waals surface area contributed by atoms with E-state index in [0.717, 1.165) is 18.0 Å². The van der Waals surface area contributed by atoms with Crippen LogP contribution in [0.4, 0.5) is 0 Å². The maximum Gasteiger partial charge on any atom is 0.0161 e. The molecular weight excluding hydrogens is 214 g/mol. The third kappa shape index (κ3) is 2.44. The van der Waals surface area contributed by atoms with Crippen LogP contribution in [0.3, 0.4) is 0 Å². The van der Waals surface area contributed by atoms with E-state index in [4.69, 9.17) is 0 Å². The van der Waals surface area contributed by atoms with Crippen LogP contribution >= 0.6 is 11.8 Å². The van der Waals surface area contributed by atoms with Gasteiger partial charge in [-0.15, -0.1) is 0 Å². The lowest BCUT2D eigenvalue weighted by Gasteiger charge is -2.22. The molecule has 2 heteroatoms. The van der Waals surface area contributed by atoms with Gasteiger partial charge in [0.25, 0.3) is 0 Å². The Morgan fingerprint density at radius 2 is 2.06 bits per heavy atom. The quantitative estimate of drug-likeness (QED) is 0.861. The summed E-state index contributed by atoms with van der Waals surface area (Å²) in [5, 5.41) is 3.82. The third-order valence-electron chi connectivity index (χ3n) is 3.63. The van der Waals surface area contributed by atoms with E-state index in [1.165, 1.54) is 36.3 Å². The van der Waals surface area contributed by atoms with Gasteiger partial charge < -0.3 is 5.32 Å². The van der Waals surface area contributed by atoms with Crippen molar-refractivity contribution in [3.05, 3.63) is 35.9 Å². The summed E-state index contributed by atoms with van der Waals surface area (Å²) in [4.78, 5) is 0. The van der Waals surface area contributed by atoms with Crippen molar-refractivity contribution in [3.8, 4) is 0 Å². The minimum atomic E-state index is 0.756. The lowest BCUT2D eigenvalue weighted by atomic mass is 10.1. The van der Waals surface area contributed by atoms with Crippen molar-refractivity contribution < 1.29 is 0 Å². The van der Waals surface area contributed by atoms with Gasteiger partial charge >= 0.3 is 0 Å². The monoisotopic (exact) mass is 233 g/mol. The van der Waals surface area contributed by atoms with Crippen molar-refractivity contribution in [2.24, 2.45) is 0 Å². The number of hydrogen-bond donors (Lipinski definition) is 1. The van der Waals surface area contributed by atoms with Crippen LogP contribution in [0.2, 0.25) is 0 Å². The fraction of sp³-hybridized carbons (Fsp3) is 0.571. The Morgan fingerprint density at radius 3 is 2.81 bits per heavy atom. The molecule has 2 aliphatic rings. The van der Waals surface area contributed by atoms with Crippen LogP contribution in [0, 0.1) is 0 Å². The van der Waals surface area contributed by atoms with Gasteiger partial charge in [-0.3, -0.25) is 0 Å². The minimum Gasteiger partial charge on any atom is -0.310 e. The topological polar surface area (TPSA) is 12.0 Å². The second-order valence-electron chi connectivity index (χ2n) is 4.94. The van der Waals surface area contributed by atoms with Gasteiger partial charge in [-0.1, -0.05) is 30.3 Å². The summed E-state index contributed by atoms with van der Waals surface area (Å²) in [7, 11) is 0. The molecule has 2 fully saturated rings. The van der Waals surface area contributed by atoms with Gasteiger partial charge in [0.15, 0.2) is 0 Å². The predicted octanol–water partition coefficient (Wildman–Crippen LogP) is 3.03. The molecule has 0 bridgehead atoms. The molecule has 1 aromatic rings. The van der Waals surface area contributed by atoms with E-state index in [2.05, 4.69) is 47.4 Å². The van der Waals surface area contributed by atoms with Crippen LogP contribution in [-0.2, 0) is 0 Å². The summed E-state index contributed by atoms with van der Waals surface area (Å²) in [6, 6.07) is 12.5. The highest BCUT2D eigenvalue weighted by Crippen LogP contribution is 2.41. The van der Waals surface area contributed by atoms with Gasteiger partial charge in [-0.2, -0.15) is 11.8 Å². The van der Waals surface area contributed by atoms with Gasteiger partial charge in [0.2, 0.25) is 0 Å². The molecule has 0 radical (unpaired) electrons. The SMILES string of the molecule is c1ccc(C2CC2NC2CCCSC2)cc1. The van der Waals surface area contributed by atoms with Crippen molar-refractivity contribution in [2.45, 2.75) is 37.3 Å². The Labute approximate surface area is 102 Å². The maximum atomic E-state index is 3.82. The molecule has 16 heavy (non-hydrogen) atoms. The highest BCUT2D eigenvalue weighted by atomic mass is 32.2. The molecule has 0 spiro atoms. The Kier molecular flexibility index (Phi) is 3.20. The van der Waals surface area contributed by atoms with Crippen LogP contribution in [-0.4, -0.2) is 23.6 Å². The van der Waals surface area contributed by atoms with E-state index in [1.54, 1.807) is 0 Å². The number of thioether (sulfide) groups is 1. The molecule has 1 aliphatic heterocycles. The van der Waals surface area contributed by atoms with Gasteiger partial charge in [-0.25, -0.2) is 0 Å². The predicted molar refractivity (Wildman–Crippen MR) is 71.1 cm³/mol. The fourth-order valence-corrected chi connectivity index (χ4v) is 3.71. The molecule has 3 atom stereocenters. The standard InChI is InChI=1S/C14H19NS/c1-2-5-11(6-3-1)13-9-14(13)15-12-7-4-8-16-10-12/h1-3,5-6,12-15H,4,7-10H2. The van der Waals surface area contributed by atoms with E-state index in [9.17, 15) is 0 Å². The molecule has 1 N–H and O–H groups in total. The molecule has 1 heterocycles. The van der Waals surface area contributed by atoms with Crippen molar-refractivity contribution in [2.75, 3.05) is 11.5 Å². The van der Waals surface area contributed by atoms with E-state index >= 15 is 0 Å². The molecule has 1 aromatic carbocycles. The van der Waals surface area contributed by atoms with Crippen molar-refractivity contribution in [1.29, 1.82) is 0 Å². The Hall–Kier alpha value is -0.470. The van der Waals surface area contributed by atoms with Gasteiger partial charge in [0, 0.05) is 23.8 Å². The molecule has 0 aromatic heterocycles. The summed E-state index contributed by atoms with van der Waals surface area (Å²) in [6.07, 6.45) is 4.11. The number of benzene rings is 1. The van der Waals surface area contributed by atoms with E-state index in [-0.39, 0.29) is 0 Å². The zero-order chi connectivity index (χ0) is 10.8. The molecule has 3 rings (SSSR count). The molecule has 1 saturated heterocycles. The third-order valence-corrected chi connectivity index (χ3v) is 4.84. The highest BCUT2D eigenvalue weighted by molar-refractivity contribution is 7.99. The van der Waals surface area contributed by atoms with Gasteiger partial charge in [-0.05, 0) is 30.6 Å². The van der Waals surface area contributed by atoms with Crippen LogP contribution in [0.25, 0.3) is 0 Å². The van der Waals surface area contributed by atoms with Gasteiger partial charge in [0.05, 0.1) is 0 Å². The van der Waals surface area contributed by atoms with Crippen molar-refractivity contribution in [3.63, 3.8) is 0 Å². The summed E-state index contributed by atoms with van der Waals surface area (Å²) in [6.45, 7) is 0. The fourth-order valence-electron chi connectivity index (χ4n) is 2.62. The molecule has 0 amide bonds. The summed E-state index contributed by atoms with van der Waals surface area (Å²) < 4.78 is 0. The molecular formula is C14H19NS. The first-order chi connectivity index (χ1) is 7.93. The first-order valence-corrected chi connectivity index (χ1v) is 7.48. The van der Waals surface area contributed by atoms with Crippen molar-refractivity contribution in [1.82, 2.24) is 5.32 Å².